The lowest BCUT2D eigenvalue weighted by atomic mass is 9.56. The molecular weight excluding hydrogens is 434 g/mol. The van der Waals surface area contributed by atoms with E-state index in [0.717, 1.165) is 58.0 Å². The number of hydrogen-bond donors (Lipinski definition) is 2. The van der Waals surface area contributed by atoms with Crippen molar-refractivity contribution in [1.82, 2.24) is 5.32 Å². The van der Waals surface area contributed by atoms with Gasteiger partial charge in [-0.15, -0.1) is 0 Å². The molecule has 4 aliphatic carbocycles. The van der Waals surface area contributed by atoms with Gasteiger partial charge in [-0.25, -0.2) is 0 Å². The van der Waals surface area contributed by atoms with Gasteiger partial charge >= 0.3 is 0 Å². The molecule has 0 aromatic carbocycles. The highest BCUT2D eigenvalue weighted by molar-refractivity contribution is 5.87. The fourth-order valence-corrected chi connectivity index (χ4v) is 8.90. The van der Waals surface area contributed by atoms with Gasteiger partial charge in [-0.05, 0) is 77.6 Å². The van der Waals surface area contributed by atoms with Gasteiger partial charge in [0.15, 0.2) is 6.29 Å². The van der Waals surface area contributed by atoms with Gasteiger partial charge < -0.3 is 29.4 Å². The Morgan fingerprint density at radius 2 is 1.94 bits per heavy atom. The van der Waals surface area contributed by atoms with Gasteiger partial charge in [0, 0.05) is 25.6 Å². The summed E-state index contributed by atoms with van der Waals surface area (Å²) >= 11 is 0. The highest BCUT2D eigenvalue weighted by Gasteiger charge is 2.87. The first-order valence-electron chi connectivity index (χ1n) is 13.1. The number of carbonyl (C=O) groups is 1. The predicted molar refractivity (Wildman–Crippen MR) is 125 cm³/mol. The van der Waals surface area contributed by atoms with Gasteiger partial charge in [-0.3, -0.25) is 4.79 Å². The van der Waals surface area contributed by atoms with E-state index in [1.165, 1.54) is 5.57 Å². The summed E-state index contributed by atoms with van der Waals surface area (Å²) in [5.74, 6) is 0.245. The van der Waals surface area contributed by atoms with Crippen LogP contribution in [-0.2, 0) is 23.7 Å². The average molecular weight is 476 g/mol. The molecule has 4 saturated carbocycles. The predicted octanol–water partition coefficient (Wildman–Crippen LogP) is 3.09. The quantitative estimate of drug-likeness (QED) is 0.318. The molecule has 10 atom stereocenters. The molecule has 7 nitrogen and oxygen atoms in total. The monoisotopic (exact) mass is 475 g/mol. The summed E-state index contributed by atoms with van der Waals surface area (Å²) in [6.07, 6.45) is 8.67. The van der Waals surface area contributed by atoms with Crippen molar-refractivity contribution in [3.63, 3.8) is 0 Å². The van der Waals surface area contributed by atoms with Crippen LogP contribution in [0.2, 0.25) is 0 Å². The number of aliphatic hydroxyl groups excluding tert-OH is 1. The molecule has 6 aliphatic rings. The van der Waals surface area contributed by atoms with Crippen molar-refractivity contribution in [2.75, 3.05) is 20.8 Å². The SMILES string of the molecule is COC(O)C12CCC3(C(=O)N[C@@H]4CC[C@]5(CO5)[C@@H]([C@@]5(C)O[C@@H]5CC=C(C)C)[C@@H]4OC)CCC31C2. The lowest BCUT2D eigenvalue weighted by molar-refractivity contribution is -0.158. The van der Waals surface area contributed by atoms with Gasteiger partial charge in [-0.2, -0.15) is 0 Å². The zero-order valence-corrected chi connectivity index (χ0v) is 21.3. The van der Waals surface area contributed by atoms with E-state index in [-0.39, 0.29) is 57.5 Å². The summed E-state index contributed by atoms with van der Waals surface area (Å²) in [4.78, 5) is 13.9. The average Bonchev–Trinajstić information content (AvgIpc) is 3.73. The van der Waals surface area contributed by atoms with E-state index in [0.29, 0.717) is 0 Å². The van der Waals surface area contributed by atoms with Crippen molar-refractivity contribution in [2.45, 2.75) is 108 Å². The molecule has 190 valence electrons. The van der Waals surface area contributed by atoms with Crippen LogP contribution in [0.25, 0.3) is 0 Å². The van der Waals surface area contributed by atoms with Crippen LogP contribution in [0.4, 0.5) is 0 Å². The molecular formula is C27H41NO6. The van der Waals surface area contributed by atoms with Gasteiger partial charge in [-0.1, -0.05) is 11.6 Å². The number of methoxy groups -OCH3 is 2. The van der Waals surface area contributed by atoms with Crippen LogP contribution >= 0.6 is 0 Å². The lowest BCUT2D eigenvalue weighted by Crippen LogP contribution is -2.62. The van der Waals surface area contributed by atoms with Crippen LogP contribution < -0.4 is 5.32 Å². The summed E-state index contributed by atoms with van der Waals surface area (Å²) in [5, 5.41) is 14.0. The normalized spacial score (nSPS) is 52.8. The first-order chi connectivity index (χ1) is 16.1. The second-order valence-corrected chi connectivity index (χ2v) is 12.5. The Morgan fingerprint density at radius 1 is 1.21 bits per heavy atom. The second-order valence-electron chi connectivity index (χ2n) is 12.5. The number of nitrogens with one attached hydrogen (secondary N) is 1. The first-order valence-corrected chi connectivity index (χ1v) is 13.1. The number of hydrogen-bond acceptors (Lipinski definition) is 6. The molecule has 6 fully saturated rings. The van der Waals surface area contributed by atoms with Crippen molar-refractivity contribution >= 4 is 5.91 Å². The van der Waals surface area contributed by atoms with Gasteiger partial charge in [0.05, 0.1) is 35.9 Å². The number of rotatable bonds is 8. The van der Waals surface area contributed by atoms with Crippen LogP contribution in [0.1, 0.15) is 72.1 Å². The molecule has 0 aromatic heterocycles. The third-order valence-corrected chi connectivity index (χ3v) is 11.1. The lowest BCUT2D eigenvalue weighted by Gasteiger charge is -2.50. The topological polar surface area (TPSA) is 92.9 Å². The van der Waals surface area contributed by atoms with Gasteiger partial charge in [0.25, 0.3) is 0 Å². The Hall–Kier alpha value is -0.990. The minimum atomic E-state index is -0.773. The van der Waals surface area contributed by atoms with E-state index < -0.39 is 6.29 Å². The molecule has 0 aromatic rings. The fourth-order valence-electron chi connectivity index (χ4n) is 8.90. The van der Waals surface area contributed by atoms with Crippen molar-refractivity contribution < 1.29 is 28.8 Å². The maximum absolute atomic E-state index is 13.9. The Morgan fingerprint density at radius 3 is 2.53 bits per heavy atom. The van der Waals surface area contributed by atoms with Crippen LogP contribution in [0.5, 0.6) is 0 Å². The summed E-state index contributed by atoms with van der Waals surface area (Å²) in [5.41, 5.74) is 0.132. The Bertz CT molecular complexity index is 909. The van der Waals surface area contributed by atoms with Gasteiger partial charge in [0.2, 0.25) is 5.91 Å². The second kappa shape index (κ2) is 7.28. The number of epoxide rings is 2. The van der Waals surface area contributed by atoms with E-state index in [1.807, 2.05) is 0 Å². The van der Waals surface area contributed by atoms with Crippen molar-refractivity contribution in [3.05, 3.63) is 11.6 Å². The summed E-state index contributed by atoms with van der Waals surface area (Å²) < 4.78 is 23.9. The molecule has 6 rings (SSSR count). The van der Waals surface area contributed by atoms with Crippen molar-refractivity contribution in [3.8, 4) is 0 Å². The molecule has 2 N–H and O–H groups in total. The van der Waals surface area contributed by atoms with E-state index in [4.69, 9.17) is 18.9 Å². The summed E-state index contributed by atoms with van der Waals surface area (Å²) in [6, 6.07) is -0.0597. The molecule has 1 amide bonds. The number of carbonyl (C=O) groups excluding carboxylic acids is 1. The van der Waals surface area contributed by atoms with E-state index in [2.05, 4.69) is 32.2 Å². The Kier molecular flexibility index (Phi) is 5.02. The standard InChI is InChI=1S/C27H41NO6/c1-16(2)6-7-18-23(3,34-18)20-19(31-4)17(8-9-26(20)15-33-26)28-21(29)24-10-11-25(22(30)32-5)14-27(24,25)13-12-24/h6,17-20,22,30H,7-15H2,1-5H3,(H,28,29)/t17-,18-,19-,20-,22?,23+,24?,25?,26+,27?/m1/s1. The molecule has 2 heterocycles. The molecule has 4 unspecified atom stereocenters. The fraction of sp³-hybridized carbons (Fsp3) is 0.889. The molecule has 2 aliphatic heterocycles. The van der Waals surface area contributed by atoms with Gasteiger partial charge in [0.1, 0.15) is 5.60 Å². The molecule has 2 spiro atoms. The molecule has 0 radical (unpaired) electrons. The van der Waals surface area contributed by atoms with Crippen LogP contribution in [0, 0.1) is 22.2 Å². The van der Waals surface area contributed by atoms with E-state index in [1.54, 1.807) is 14.2 Å². The van der Waals surface area contributed by atoms with Crippen LogP contribution in [0.3, 0.4) is 0 Å². The number of allylic oxidation sites excluding steroid dienone is 1. The molecule has 0 bridgehead atoms. The highest BCUT2D eigenvalue weighted by Crippen LogP contribution is 2.89. The zero-order valence-electron chi connectivity index (χ0n) is 21.3. The third-order valence-electron chi connectivity index (χ3n) is 11.1. The number of aliphatic hydroxyl groups is 1. The maximum Gasteiger partial charge on any atom is 0.227 e. The first kappa shape index (κ1) is 23.4. The Balaban J connectivity index is 1.20. The summed E-state index contributed by atoms with van der Waals surface area (Å²) in [6.45, 7) is 7.18. The molecule has 7 heteroatoms. The maximum atomic E-state index is 13.9. The molecule has 34 heavy (non-hydrogen) atoms. The minimum absolute atomic E-state index is 0.0597. The highest BCUT2D eigenvalue weighted by atomic mass is 16.6. The van der Waals surface area contributed by atoms with Crippen LogP contribution in [-0.4, -0.2) is 67.6 Å². The third kappa shape index (κ3) is 2.79. The minimum Gasteiger partial charge on any atom is -0.379 e. The number of ether oxygens (including phenoxy) is 4. The Labute approximate surface area is 202 Å². The number of amides is 1. The van der Waals surface area contributed by atoms with Crippen LogP contribution in [0.15, 0.2) is 11.6 Å². The molecule has 2 saturated heterocycles. The van der Waals surface area contributed by atoms with E-state index in [9.17, 15) is 9.90 Å². The smallest absolute Gasteiger partial charge is 0.227 e. The van der Waals surface area contributed by atoms with Crippen molar-refractivity contribution in [2.24, 2.45) is 22.2 Å². The summed E-state index contributed by atoms with van der Waals surface area (Å²) in [7, 11) is 3.32. The largest absolute Gasteiger partial charge is 0.379 e. The van der Waals surface area contributed by atoms with E-state index >= 15 is 0 Å². The van der Waals surface area contributed by atoms with Crippen molar-refractivity contribution in [1.29, 1.82) is 0 Å². The zero-order chi connectivity index (χ0) is 24.1.